The maximum atomic E-state index is 5.33. The van der Waals surface area contributed by atoms with Gasteiger partial charge in [-0.1, -0.05) is 36.0 Å². The Bertz CT molecular complexity index is 211. The van der Waals surface area contributed by atoms with Crippen LogP contribution in [0.5, 0.6) is 0 Å². The average Bonchev–Trinajstić information content (AvgIpc) is 2.16. The van der Waals surface area contributed by atoms with Crippen molar-refractivity contribution in [1.29, 1.82) is 0 Å². The second-order valence-electron chi connectivity index (χ2n) is 3.12. The van der Waals surface area contributed by atoms with Gasteiger partial charge in [-0.3, -0.25) is 0 Å². The molecule has 0 saturated heterocycles. The van der Waals surface area contributed by atoms with Crippen LogP contribution in [0.1, 0.15) is 19.8 Å². The van der Waals surface area contributed by atoms with Crippen molar-refractivity contribution in [3.05, 3.63) is 36.0 Å². The highest BCUT2D eigenvalue weighted by molar-refractivity contribution is 5.17. The fourth-order valence-electron chi connectivity index (χ4n) is 1.28. The van der Waals surface area contributed by atoms with Gasteiger partial charge >= 0.3 is 0 Å². The summed E-state index contributed by atoms with van der Waals surface area (Å²) in [7, 11) is 1.77. The molecule has 1 unspecified atom stereocenters. The van der Waals surface area contributed by atoms with Crippen LogP contribution in [0.3, 0.4) is 0 Å². The molecule has 1 aliphatic carbocycles. The predicted octanol–water partition coefficient (Wildman–Crippen LogP) is 2.85. The van der Waals surface area contributed by atoms with E-state index in [9.17, 15) is 0 Å². The van der Waals surface area contributed by atoms with Gasteiger partial charge in [0.1, 0.15) is 0 Å². The summed E-state index contributed by atoms with van der Waals surface area (Å²) in [5.41, 5.74) is 1.38. The molecule has 1 atom stereocenters. The molecule has 66 valence electrons. The van der Waals surface area contributed by atoms with Crippen LogP contribution < -0.4 is 0 Å². The molecule has 0 heterocycles. The monoisotopic (exact) mass is 164 g/mol. The third-order valence-electron chi connectivity index (χ3n) is 2.02. The van der Waals surface area contributed by atoms with E-state index in [0.717, 1.165) is 12.8 Å². The molecule has 0 aromatic rings. The summed E-state index contributed by atoms with van der Waals surface area (Å²) in [5.74, 6) is 0. The molecule has 1 rings (SSSR count). The van der Waals surface area contributed by atoms with Gasteiger partial charge in [0.2, 0.25) is 0 Å². The standard InChI is InChI=1S/C11H16O/c1-10-7-5-3-4-6-8-11(9-10)12-2/h3-7,11H,8-9H2,1-2H3/b5-3-,6-4+,10-7+. The Morgan fingerprint density at radius 1 is 1.33 bits per heavy atom. The highest BCUT2D eigenvalue weighted by atomic mass is 16.5. The van der Waals surface area contributed by atoms with Gasteiger partial charge in [-0.2, -0.15) is 0 Å². The van der Waals surface area contributed by atoms with E-state index < -0.39 is 0 Å². The molecule has 1 heteroatoms. The van der Waals surface area contributed by atoms with E-state index in [1.54, 1.807) is 7.11 Å². The lowest BCUT2D eigenvalue weighted by Crippen LogP contribution is -2.09. The van der Waals surface area contributed by atoms with Crippen LogP contribution in [0, 0.1) is 0 Å². The molecule has 0 spiro atoms. The third-order valence-corrected chi connectivity index (χ3v) is 2.02. The van der Waals surface area contributed by atoms with Crippen molar-refractivity contribution in [1.82, 2.24) is 0 Å². The van der Waals surface area contributed by atoms with Gasteiger partial charge in [0, 0.05) is 7.11 Å². The van der Waals surface area contributed by atoms with Crippen LogP contribution in [0.2, 0.25) is 0 Å². The molecule has 1 nitrogen and oxygen atoms in total. The van der Waals surface area contributed by atoms with Gasteiger partial charge in [-0.25, -0.2) is 0 Å². The highest BCUT2D eigenvalue weighted by Gasteiger charge is 2.05. The zero-order valence-corrected chi connectivity index (χ0v) is 7.79. The van der Waals surface area contributed by atoms with Crippen molar-refractivity contribution in [3.63, 3.8) is 0 Å². The lowest BCUT2D eigenvalue weighted by molar-refractivity contribution is 0.105. The second-order valence-corrected chi connectivity index (χ2v) is 3.12. The molecule has 0 aromatic carbocycles. The zero-order valence-electron chi connectivity index (χ0n) is 7.79. The molecule has 0 radical (unpaired) electrons. The van der Waals surface area contributed by atoms with Crippen LogP contribution in [-0.2, 0) is 4.74 Å². The van der Waals surface area contributed by atoms with E-state index >= 15 is 0 Å². The molecular weight excluding hydrogens is 148 g/mol. The Balaban J connectivity index is 2.64. The van der Waals surface area contributed by atoms with Gasteiger partial charge in [0.15, 0.2) is 0 Å². The Kier molecular flexibility index (Phi) is 3.81. The predicted molar refractivity (Wildman–Crippen MR) is 52.1 cm³/mol. The van der Waals surface area contributed by atoms with E-state index in [2.05, 4.69) is 37.3 Å². The minimum Gasteiger partial charge on any atom is -0.381 e. The van der Waals surface area contributed by atoms with Gasteiger partial charge < -0.3 is 4.74 Å². The summed E-state index contributed by atoms with van der Waals surface area (Å²) in [6, 6.07) is 0. The summed E-state index contributed by atoms with van der Waals surface area (Å²) < 4.78 is 5.33. The fraction of sp³-hybridized carbons (Fsp3) is 0.455. The van der Waals surface area contributed by atoms with Crippen molar-refractivity contribution in [3.8, 4) is 0 Å². The summed E-state index contributed by atoms with van der Waals surface area (Å²) in [6.45, 7) is 2.14. The first kappa shape index (κ1) is 9.27. The number of allylic oxidation sites excluding steroid dienone is 4. The molecule has 0 aliphatic heterocycles. The fourth-order valence-corrected chi connectivity index (χ4v) is 1.28. The topological polar surface area (TPSA) is 9.23 Å². The summed E-state index contributed by atoms with van der Waals surface area (Å²) in [6.07, 6.45) is 12.9. The number of rotatable bonds is 1. The molecule has 0 saturated carbocycles. The van der Waals surface area contributed by atoms with Crippen LogP contribution in [0.15, 0.2) is 36.0 Å². The maximum Gasteiger partial charge on any atom is 0.0642 e. The zero-order chi connectivity index (χ0) is 8.81. The molecule has 12 heavy (non-hydrogen) atoms. The molecule has 0 aromatic heterocycles. The highest BCUT2D eigenvalue weighted by Crippen LogP contribution is 2.12. The second kappa shape index (κ2) is 4.94. The van der Waals surface area contributed by atoms with Crippen molar-refractivity contribution < 1.29 is 4.74 Å². The van der Waals surface area contributed by atoms with Crippen LogP contribution in [-0.4, -0.2) is 13.2 Å². The van der Waals surface area contributed by atoms with Gasteiger partial charge in [-0.05, 0) is 19.8 Å². The Labute approximate surface area is 74.4 Å². The SMILES string of the molecule is COC1C/C=C/C=C\C=C(/C)C1. The van der Waals surface area contributed by atoms with Crippen LogP contribution in [0.4, 0.5) is 0 Å². The normalized spacial score (nSPS) is 33.8. The number of hydrogen-bond donors (Lipinski definition) is 0. The van der Waals surface area contributed by atoms with Gasteiger partial charge in [-0.15, -0.1) is 0 Å². The maximum absolute atomic E-state index is 5.33. The molecule has 0 N–H and O–H groups in total. The first-order valence-corrected chi connectivity index (χ1v) is 4.34. The van der Waals surface area contributed by atoms with Gasteiger partial charge in [0.25, 0.3) is 0 Å². The first-order chi connectivity index (χ1) is 5.83. The van der Waals surface area contributed by atoms with Crippen molar-refractivity contribution in [2.24, 2.45) is 0 Å². The minimum atomic E-state index is 0.345. The number of methoxy groups -OCH3 is 1. The average molecular weight is 164 g/mol. The molecule has 0 fully saturated rings. The summed E-state index contributed by atoms with van der Waals surface area (Å²) >= 11 is 0. The van der Waals surface area contributed by atoms with E-state index in [1.807, 2.05) is 0 Å². The molecule has 1 aliphatic rings. The van der Waals surface area contributed by atoms with Crippen LogP contribution in [0.25, 0.3) is 0 Å². The van der Waals surface area contributed by atoms with Crippen molar-refractivity contribution in [2.45, 2.75) is 25.9 Å². The van der Waals surface area contributed by atoms with Gasteiger partial charge in [0.05, 0.1) is 6.10 Å². The third kappa shape index (κ3) is 3.05. The van der Waals surface area contributed by atoms with E-state index in [1.165, 1.54) is 5.57 Å². The Morgan fingerprint density at radius 3 is 2.92 bits per heavy atom. The van der Waals surface area contributed by atoms with Crippen molar-refractivity contribution in [2.75, 3.05) is 7.11 Å². The lowest BCUT2D eigenvalue weighted by atomic mass is 10.1. The Hall–Kier alpha value is -0.820. The summed E-state index contributed by atoms with van der Waals surface area (Å²) in [5, 5.41) is 0. The Morgan fingerprint density at radius 2 is 2.17 bits per heavy atom. The van der Waals surface area contributed by atoms with E-state index in [4.69, 9.17) is 4.74 Å². The molecule has 0 amide bonds. The van der Waals surface area contributed by atoms with Crippen LogP contribution >= 0.6 is 0 Å². The smallest absolute Gasteiger partial charge is 0.0642 e. The summed E-state index contributed by atoms with van der Waals surface area (Å²) in [4.78, 5) is 0. The van der Waals surface area contributed by atoms with Crippen molar-refractivity contribution >= 4 is 0 Å². The number of ether oxygens (including phenoxy) is 1. The molecule has 0 bridgehead atoms. The quantitative estimate of drug-likeness (QED) is 0.579. The minimum absolute atomic E-state index is 0.345. The largest absolute Gasteiger partial charge is 0.381 e. The number of hydrogen-bond acceptors (Lipinski definition) is 1. The molecular formula is C11H16O. The lowest BCUT2D eigenvalue weighted by Gasteiger charge is -2.12. The van der Waals surface area contributed by atoms with E-state index in [0.29, 0.717) is 6.10 Å². The first-order valence-electron chi connectivity index (χ1n) is 4.34. The van der Waals surface area contributed by atoms with E-state index in [-0.39, 0.29) is 0 Å².